The molecule has 112 valence electrons. The van der Waals surface area contributed by atoms with Gasteiger partial charge in [-0.3, -0.25) is 4.79 Å². The van der Waals surface area contributed by atoms with Crippen LogP contribution in [0.25, 0.3) is 9.88 Å². The van der Waals surface area contributed by atoms with Gasteiger partial charge in [0.1, 0.15) is 5.01 Å². The number of rotatable bonds is 4. The number of thiophene rings is 1. The van der Waals surface area contributed by atoms with E-state index in [-0.39, 0.29) is 23.9 Å². The molecule has 0 aliphatic carbocycles. The van der Waals surface area contributed by atoms with Crippen LogP contribution in [0.1, 0.15) is 5.69 Å². The SMILES string of the molecule is O=C(Cc1csc(-c2ccc(Cl)s2)n1)Nc1ncccc1O. The maximum Gasteiger partial charge on any atom is 0.231 e. The zero-order chi connectivity index (χ0) is 15.5. The lowest BCUT2D eigenvalue weighted by molar-refractivity contribution is -0.115. The molecular weight excluding hydrogens is 342 g/mol. The van der Waals surface area contributed by atoms with Crippen LogP contribution in [0, 0.1) is 0 Å². The van der Waals surface area contributed by atoms with Crippen LogP contribution in [-0.4, -0.2) is 21.0 Å². The first kappa shape index (κ1) is 15.0. The fourth-order valence-corrected chi connectivity index (χ4v) is 3.70. The first-order chi connectivity index (χ1) is 10.6. The molecule has 0 fully saturated rings. The first-order valence-corrected chi connectivity index (χ1v) is 8.33. The van der Waals surface area contributed by atoms with Crippen LogP contribution in [0.4, 0.5) is 5.82 Å². The average molecular weight is 352 g/mol. The standard InChI is InChI=1S/C14H10ClN3O2S2/c15-11-4-3-10(22-11)14-17-8(7-21-14)6-12(20)18-13-9(19)2-1-5-16-13/h1-5,7,19H,6H2,(H,16,18,20). The Labute approximate surface area is 139 Å². The summed E-state index contributed by atoms with van der Waals surface area (Å²) >= 11 is 8.82. The van der Waals surface area contributed by atoms with Crippen LogP contribution in [0.5, 0.6) is 5.75 Å². The molecule has 0 saturated carbocycles. The van der Waals surface area contributed by atoms with Gasteiger partial charge < -0.3 is 10.4 Å². The van der Waals surface area contributed by atoms with Gasteiger partial charge in [0.05, 0.1) is 21.3 Å². The number of carbonyl (C=O) groups excluding carboxylic acids is 1. The Balaban J connectivity index is 1.67. The summed E-state index contributed by atoms with van der Waals surface area (Å²) in [5, 5.41) is 14.8. The number of hydrogen-bond acceptors (Lipinski definition) is 6. The van der Waals surface area contributed by atoms with Crippen LogP contribution >= 0.6 is 34.3 Å². The molecule has 3 heterocycles. The van der Waals surface area contributed by atoms with Crippen molar-refractivity contribution in [3.63, 3.8) is 0 Å². The van der Waals surface area contributed by atoms with Gasteiger partial charge in [-0.1, -0.05) is 11.6 Å². The number of pyridine rings is 1. The lowest BCUT2D eigenvalue weighted by Gasteiger charge is -2.04. The highest BCUT2D eigenvalue weighted by Gasteiger charge is 2.12. The van der Waals surface area contributed by atoms with Gasteiger partial charge in [0.25, 0.3) is 0 Å². The molecule has 3 aromatic heterocycles. The van der Waals surface area contributed by atoms with E-state index in [1.807, 2.05) is 17.5 Å². The second-order valence-corrected chi connectivity index (χ2v) is 6.92. The summed E-state index contributed by atoms with van der Waals surface area (Å²) in [5.41, 5.74) is 0.664. The number of hydrogen-bond donors (Lipinski definition) is 2. The Hall–Kier alpha value is -1.96. The predicted molar refractivity (Wildman–Crippen MR) is 88.7 cm³/mol. The highest BCUT2D eigenvalue weighted by atomic mass is 35.5. The van der Waals surface area contributed by atoms with E-state index in [1.165, 1.54) is 34.9 Å². The maximum atomic E-state index is 12.0. The third kappa shape index (κ3) is 3.44. The van der Waals surface area contributed by atoms with Gasteiger partial charge in [-0.2, -0.15) is 0 Å². The topological polar surface area (TPSA) is 75.1 Å². The molecule has 0 atom stereocenters. The van der Waals surface area contributed by atoms with Gasteiger partial charge in [0.2, 0.25) is 5.91 Å². The highest BCUT2D eigenvalue weighted by molar-refractivity contribution is 7.23. The van der Waals surface area contributed by atoms with Crippen LogP contribution in [0.15, 0.2) is 35.8 Å². The van der Waals surface area contributed by atoms with Crippen molar-refractivity contribution in [2.24, 2.45) is 0 Å². The molecular formula is C14H10ClN3O2S2. The summed E-state index contributed by atoms with van der Waals surface area (Å²) in [7, 11) is 0. The smallest absolute Gasteiger partial charge is 0.231 e. The molecule has 0 aromatic carbocycles. The fraction of sp³-hybridized carbons (Fsp3) is 0.0714. The summed E-state index contributed by atoms with van der Waals surface area (Å²) in [5.74, 6) is -0.203. The lowest BCUT2D eigenvalue weighted by atomic mass is 10.3. The number of thiazole rings is 1. The van der Waals surface area contributed by atoms with E-state index in [1.54, 1.807) is 6.07 Å². The Morgan fingerprint density at radius 3 is 2.95 bits per heavy atom. The average Bonchev–Trinajstić information content (AvgIpc) is 3.10. The Morgan fingerprint density at radius 1 is 1.36 bits per heavy atom. The van der Waals surface area contributed by atoms with E-state index in [2.05, 4.69) is 15.3 Å². The van der Waals surface area contributed by atoms with Crippen LogP contribution < -0.4 is 5.32 Å². The van der Waals surface area contributed by atoms with Crippen molar-refractivity contribution in [2.45, 2.75) is 6.42 Å². The molecule has 0 aliphatic heterocycles. The molecule has 0 unspecified atom stereocenters. The highest BCUT2D eigenvalue weighted by Crippen LogP contribution is 2.33. The molecule has 0 bridgehead atoms. The number of aromatic hydroxyl groups is 1. The second kappa shape index (κ2) is 6.43. The molecule has 22 heavy (non-hydrogen) atoms. The van der Waals surface area contributed by atoms with E-state index in [4.69, 9.17) is 11.6 Å². The summed E-state index contributed by atoms with van der Waals surface area (Å²) < 4.78 is 0.704. The van der Waals surface area contributed by atoms with Crippen molar-refractivity contribution < 1.29 is 9.90 Å². The molecule has 0 radical (unpaired) electrons. The molecule has 5 nitrogen and oxygen atoms in total. The Bertz CT molecular complexity index is 816. The third-order valence-electron chi connectivity index (χ3n) is 2.72. The quantitative estimate of drug-likeness (QED) is 0.749. The van der Waals surface area contributed by atoms with Gasteiger partial charge in [-0.05, 0) is 24.3 Å². The third-order valence-corrected chi connectivity index (χ3v) is 5.01. The summed E-state index contributed by atoms with van der Waals surface area (Å²) in [4.78, 5) is 21.3. The second-order valence-electron chi connectivity index (χ2n) is 4.34. The number of nitrogens with one attached hydrogen (secondary N) is 1. The predicted octanol–water partition coefficient (Wildman–Crippen LogP) is 3.81. The van der Waals surface area contributed by atoms with Gasteiger partial charge in [-0.15, -0.1) is 22.7 Å². The minimum atomic E-state index is -0.282. The Morgan fingerprint density at radius 2 is 2.23 bits per heavy atom. The van der Waals surface area contributed by atoms with E-state index < -0.39 is 0 Å². The zero-order valence-corrected chi connectivity index (χ0v) is 13.5. The van der Waals surface area contributed by atoms with Crippen LogP contribution in [0.2, 0.25) is 4.34 Å². The molecule has 2 N–H and O–H groups in total. The van der Waals surface area contributed by atoms with Crippen molar-refractivity contribution in [2.75, 3.05) is 5.32 Å². The molecule has 0 aliphatic rings. The monoisotopic (exact) mass is 351 g/mol. The summed E-state index contributed by atoms with van der Waals surface area (Å²) in [6, 6.07) is 6.77. The van der Waals surface area contributed by atoms with Crippen molar-refractivity contribution in [3.8, 4) is 15.6 Å². The number of aromatic nitrogens is 2. The van der Waals surface area contributed by atoms with Gasteiger partial charge in [-0.25, -0.2) is 9.97 Å². The van der Waals surface area contributed by atoms with Gasteiger partial charge >= 0.3 is 0 Å². The molecule has 3 aromatic rings. The Kier molecular flexibility index (Phi) is 4.37. The number of carbonyl (C=O) groups is 1. The molecule has 3 rings (SSSR count). The minimum absolute atomic E-state index is 0.0666. The molecule has 1 amide bonds. The fourth-order valence-electron chi connectivity index (χ4n) is 1.76. The molecule has 0 saturated heterocycles. The minimum Gasteiger partial charge on any atom is -0.504 e. The van der Waals surface area contributed by atoms with E-state index in [0.717, 1.165) is 9.88 Å². The van der Waals surface area contributed by atoms with Crippen molar-refractivity contribution in [1.82, 2.24) is 9.97 Å². The lowest BCUT2D eigenvalue weighted by Crippen LogP contribution is -2.15. The maximum absolute atomic E-state index is 12.0. The van der Waals surface area contributed by atoms with Crippen molar-refractivity contribution >= 4 is 46.0 Å². The first-order valence-electron chi connectivity index (χ1n) is 6.26. The number of nitrogens with zero attached hydrogens (tertiary/aromatic N) is 2. The van der Waals surface area contributed by atoms with Crippen molar-refractivity contribution in [1.29, 1.82) is 0 Å². The summed E-state index contributed by atoms with van der Waals surface area (Å²) in [6.07, 6.45) is 1.61. The molecule has 8 heteroatoms. The van der Waals surface area contributed by atoms with E-state index in [9.17, 15) is 9.90 Å². The van der Waals surface area contributed by atoms with E-state index in [0.29, 0.717) is 10.0 Å². The summed E-state index contributed by atoms with van der Waals surface area (Å²) in [6.45, 7) is 0. The van der Waals surface area contributed by atoms with Gasteiger partial charge in [0, 0.05) is 11.6 Å². The number of amides is 1. The van der Waals surface area contributed by atoms with Crippen LogP contribution in [0.3, 0.4) is 0 Å². The van der Waals surface area contributed by atoms with E-state index >= 15 is 0 Å². The largest absolute Gasteiger partial charge is 0.504 e. The number of anilines is 1. The zero-order valence-electron chi connectivity index (χ0n) is 11.1. The van der Waals surface area contributed by atoms with Crippen molar-refractivity contribution in [3.05, 3.63) is 45.9 Å². The molecule has 0 spiro atoms. The number of halogens is 1. The van der Waals surface area contributed by atoms with Gasteiger partial charge in [0.15, 0.2) is 11.6 Å². The normalized spacial score (nSPS) is 10.6. The van der Waals surface area contributed by atoms with Crippen LogP contribution in [-0.2, 0) is 11.2 Å².